The quantitative estimate of drug-likeness (QED) is 0.896. The second-order valence-corrected chi connectivity index (χ2v) is 4.99. The first-order valence-corrected chi connectivity index (χ1v) is 6.54. The number of hydrogen-bond donors (Lipinski definition) is 2. The standard InChI is InChI=1S/C14H18F2N2O.ClH/c15-11-5-1-3-9(14(11)16)7-13(19)18-12-6-2-4-10(12)8-17;/h1,3,5,10,12H,2,4,6-8,17H2,(H,18,19);1H. The van der Waals surface area contributed by atoms with Crippen LogP contribution in [-0.4, -0.2) is 18.5 Å². The van der Waals surface area contributed by atoms with Gasteiger partial charge in [0, 0.05) is 11.6 Å². The molecule has 1 aromatic rings. The fourth-order valence-corrected chi connectivity index (χ4v) is 2.62. The normalized spacial score (nSPS) is 21.4. The number of rotatable bonds is 4. The number of hydrogen-bond acceptors (Lipinski definition) is 2. The lowest BCUT2D eigenvalue weighted by molar-refractivity contribution is -0.121. The lowest BCUT2D eigenvalue weighted by Crippen LogP contribution is -2.40. The smallest absolute Gasteiger partial charge is 0.224 e. The van der Waals surface area contributed by atoms with Gasteiger partial charge in [0.05, 0.1) is 6.42 Å². The summed E-state index contributed by atoms with van der Waals surface area (Å²) >= 11 is 0. The Morgan fingerprint density at radius 3 is 2.80 bits per heavy atom. The molecule has 3 N–H and O–H groups in total. The molecule has 2 atom stereocenters. The highest BCUT2D eigenvalue weighted by Crippen LogP contribution is 2.24. The van der Waals surface area contributed by atoms with Crippen LogP contribution in [0.3, 0.4) is 0 Å². The molecule has 6 heteroatoms. The summed E-state index contributed by atoms with van der Waals surface area (Å²) in [6.07, 6.45) is 2.81. The lowest BCUT2D eigenvalue weighted by atomic mass is 10.0. The van der Waals surface area contributed by atoms with Crippen LogP contribution in [0.2, 0.25) is 0 Å². The zero-order chi connectivity index (χ0) is 13.8. The average molecular weight is 305 g/mol. The van der Waals surface area contributed by atoms with Gasteiger partial charge in [-0.2, -0.15) is 0 Å². The zero-order valence-corrected chi connectivity index (χ0v) is 11.9. The van der Waals surface area contributed by atoms with Gasteiger partial charge in [-0.3, -0.25) is 4.79 Å². The molecule has 0 spiro atoms. The second kappa shape index (κ2) is 7.55. The number of carbonyl (C=O) groups excluding carboxylic acids is 1. The zero-order valence-electron chi connectivity index (χ0n) is 11.1. The van der Waals surface area contributed by atoms with Crippen molar-refractivity contribution in [1.82, 2.24) is 5.32 Å². The van der Waals surface area contributed by atoms with Crippen LogP contribution in [0.5, 0.6) is 0 Å². The van der Waals surface area contributed by atoms with Gasteiger partial charge >= 0.3 is 0 Å². The summed E-state index contributed by atoms with van der Waals surface area (Å²) in [4.78, 5) is 11.9. The highest BCUT2D eigenvalue weighted by Gasteiger charge is 2.27. The Morgan fingerprint density at radius 2 is 2.10 bits per heavy atom. The topological polar surface area (TPSA) is 55.1 Å². The van der Waals surface area contributed by atoms with E-state index >= 15 is 0 Å². The number of nitrogens with two attached hydrogens (primary N) is 1. The molecule has 2 rings (SSSR count). The van der Waals surface area contributed by atoms with Crippen molar-refractivity contribution in [3.63, 3.8) is 0 Å². The van der Waals surface area contributed by atoms with E-state index in [4.69, 9.17) is 5.73 Å². The van der Waals surface area contributed by atoms with E-state index in [2.05, 4.69) is 5.32 Å². The first-order valence-electron chi connectivity index (χ1n) is 6.54. The third-order valence-electron chi connectivity index (χ3n) is 3.69. The predicted molar refractivity (Wildman–Crippen MR) is 75.6 cm³/mol. The molecule has 112 valence electrons. The number of amides is 1. The summed E-state index contributed by atoms with van der Waals surface area (Å²) in [5, 5.41) is 2.87. The van der Waals surface area contributed by atoms with E-state index < -0.39 is 11.6 Å². The predicted octanol–water partition coefficient (Wildman–Crippen LogP) is 2.17. The van der Waals surface area contributed by atoms with E-state index in [0.717, 1.165) is 25.3 Å². The number of carbonyl (C=O) groups is 1. The Hall–Kier alpha value is -1.20. The molecule has 0 radical (unpaired) electrons. The van der Waals surface area contributed by atoms with Crippen LogP contribution in [-0.2, 0) is 11.2 Å². The summed E-state index contributed by atoms with van der Waals surface area (Å²) in [6.45, 7) is 0.541. The van der Waals surface area contributed by atoms with E-state index in [9.17, 15) is 13.6 Å². The van der Waals surface area contributed by atoms with Crippen molar-refractivity contribution in [3.8, 4) is 0 Å². The van der Waals surface area contributed by atoms with Crippen LogP contribution in [0.1, 0.15) is 24.8 Å². The van der Waals surface area contributed by atoms with Gasteiger partial charge in [-0.15, -0.1) is 12.4 Å². The monoisotopic (exact) mass is 304 g/mol. The Labute approximate surface area is 123 Å². The molecule has 2 unspecified atom stereocenters. The Balaban J connectivity index is 0.00000200. The van der Waals surface area contributed by atoms with Crippen molar-refractivity contribution >= 4 is 18.3 Å². The van der Waals surface area contributed by atoms with Gasteiger partial charge in [0.25, 0.3) is 0 Å². The van der Waals surface area contributed by atoms with E-state index in [1.165, 1.54) is 12.1 Å². The van der Waals surface area contributed by atoms with Crippen LogP contribution in [0.25, 0.3) is 0 Å². The first kappa shape index (κ1) is 16.9. The SMILES string of the molecule is Cl.NCC1CCCC1NC(=O)Cc1cccc(F)c1F. The molecule has 0 aliphatic heterocycles. The molecule has 0 saturated heterocycles. The van der Waals surface area contributed by atoms with Gasteiger partial charge in [0.1, 0.15) is 0 Å². The lowest BCUT2D eigenvalue weighted by Gasteiger charge is -2.19. The molecule has 20 heavy (non-hydrogen) atoms. The van der Waals surface area contributed by atoms with Crippen LogP contribution in [0.15, 0.2) is 18.2 Å². The molecule has 3 nitrogen and oxygen atoms in total. The maximum Gasteiger partial charge on any atom is 0.224 e. The Kier molecular flexibility index (Phi) is 6.36. The fraction of sp³-hybridized carbons (Fsp3) is 0.500. The van der Waals surface area contributed by atoms with Crippen molar-refractivity contribution in [2.24, 2.45) is 11.7 Å². The van der Waals surface area contributed by atoms with Gasteiger partial charge in [-0.1, -0.05) is 18.6 Å². The summed E-state index contributed by atoms with van der Waals surface area (Å²) < 4.78 is 26.5. The van der Waals surface area contributed by atoms with E-state index in [1.54, 1.807) is 0 Å². The van der Waals surface area contributed by atoms with Gasteiger partial charge in [-0.25, -0.2) is 8.78 Å². The van der Waals surface area contributed by atoms with Gasteiger partial charge in [-0.05, 0) is 31.4 Å². The van der Waals surface area contributed by atoms with Crippen LogP contribution < -0.4 is 11.1 Å². The van der Waals surface area contributed by atoms with Gasteiger partial charge in [0.15, 0.2) is 11.6 Å². The summed E-state index contributed by atoms with van der Waals surface area (Å²) in [5.41, 5.74) is 5.72. The minimum absolute atomic E-state index is 0. The molecular weight excluding hydrogens is 286 g/mol. The van der Waals surface area contributed by atoms with Gasteiger partial charge in [0.2, 0.25) is 5.91 Å². The van der Waals surface area contributed by atoms with Crippen molar-refractivity contribution in [2.75, 3.05) is 6.54 Å². The van der Waals surface area contributed by atoms with Crippen LogP contribution in [0.4, 0.5) is 8.78 Å². The minimum atomic E-state index is -0.945. The van der Waals surface area contributed by atoms with E-state index in [1.807, 2.05) is 0 Å². The third kappa shape index (κ3) is 3.90. The van der Waals surface area contributed by atoms with Crippen molar-refractivity contribution in [2.45, 2.75) is 31.7 Å². The van der Waals surface area contributed by atoms with E-state index in [0.29, 0.717) is 12.5 Å². The summed E-state index contributed by atoms with van der Waals surface area (Å²) in [6, 6.07) is 3.93. The van der Waals surface area contributed by atoms with Crippen molar-refractivity contribution in [3.05, 3.63) is 35.4 Å². The molecule has 1 aliphatic carbocycles. The molecule has 0 aromatic heterocycles. The first-order chi connectivity index (χ1) is 9.11. The maximum absolute atomic E-state index is 13.4. The second-order valence-electron chi connectivity index (χ2n) is 4.99. The van der Waals surface area contributed by atoms with Crippen LogP contribution in [0, 0.1) is 17.6 Å². The van der Waals surface area contributed by atoms with Gasteiger partial charge < -0.3 is 11.1 Å². The minimum Gasteiger partial charge on any atom is -0.353 e. The van der Waals surface area contributed by atoms with Crippen LogP contribution >= 0.6 is 12.4 Å². The van der Waals surface area contributed by atoms with Crippen molar-refractivity contribution in [1.29, 1.82) is 0 Å². The number of benzene rings is 1. The third-order valence-corrected chi connectivity index (χ3v) is 3.69. The molecule has 0 bridgehead atoms. The molecule has 0 heterocycles. The largest absolute Gasteiger partial charge is 0.353 e. The molecule has 1 aromatic carbocycles. The average Bonchev–Trinajstić information content (AvgIpc) is 2.82. The number of nitrogens with one attached hydrogen (secondary N) is 1. The highest BCUT2D eigenvalue weighted by molar-refractivity contribution is 5.85. The fourth-order valence-electron chi connectivity index (χ4n) is 2.62. The summed E-state index contributed by atoms with van der Waals surface area (Å²) in [5.74, 6) is -1.86. The Morgan fingerprint density at radius 1 is 1.35 bits per heavy atom. The molecule has 1 amide bonds. The van der Waals surface area contributed by atoms with Crippen molar-refractivity contribution < 1.29 is 13.6 Å². The maximum atomic E-state index is 13.4. The summed E-state index contributed by atoms with van der Waals surface area (Å²) in [7, 11) is 0. The molecular formula is C14H19ClF2N2O. The Bertz CT molecular complexity index is 470. The molecule has 1 fully saturated rings. The molecule has 1 saturated carbocycles. The highest BCUT2D eigenvalue weighted by atomic mass is 35.5. The molecule has 1 aliphatic rings. The van der Waals surface area contributed by atoms with E-state index in [-0.39, 0.29) is 36.3 Å². The number of halogens is 3.